The molecular weight excluding hydrogens is 667 g/mol. The molecule has 0 aliphatic rings. The third-order valence-electron chi connectivity index (χ3n) is 11.0. The van der Waals surface area contributed by atoms with E-state index >= 15 is 0 Å². The predicted octanol–water partition coefficient (Wildman–Crippen LogP) is 13.7. The highest BCUT2D eigenvalue weighted by Crippen LogP contribution is 2.37. The van der Waals surface area contributed by atoms with Gasteiger partial charge in [-0.2, -0.15) is 0 Å². The molecule has 2 heterocycles. The summed E-state index contributed by atoms with van der Waals surface area (Å²) in [4.78, 5) is 10.4. The number of fused-ring (bicyclic) bond motifs is 7. The molecule has 3 nitrogen and oxygen atoms in total. The highest BCUT2D eigenvalue weighted by atomic mass is 15.0. The molecule has 0 saturated heterocycles. The lowest BCUT2D eigenvalue weighted by molar-refractivity contribution is 1.17. The SMILES string of the molecule is c1ccc2cc(-c3nc(-c4ccc(-c5cc6ccccc6c6ccccc56)cc4)cc(-c4ccc(-n5c6ccccc6c6ccccc65)cc4)n3)ccc2c1. The van der Waals surface area contributed by atoms with Crippen LogP contribution in [0.1, 0.15) is 0 Å². The molecule has 11 rings (SSSR count). The van der Waals surface area contributed by atoms with Crippen molar-refractivity contribution in [3.8, 4) is 50.7 Å². The van der Waals surface area contributed by atoms with Crippen molar-refractivity contribution in [1.29, 1.82) is 0 Å². The number of hydrogen-bond acceptors (Lipinski definition) is 2. The molecule has 11 aromatic rings. The van der Waals surface area contributed by atoms with E-state index in [0.717, 1.165) is 39.2 Å². The van der Waals surface area contributed by atoms with Crippen molar-refractivity contribution in [3.63, 3.8) is 0 Å². The van der Waals surface area contributed by atoms with Crippen molar-refractivity contribution in [2.24, 2.45) is 0 Å². The number of nitrogens with zero attached hydrogens (tertiary/aromatic N) is 3. The lowest BCUT2D eigenvalue weighted by Gasteiger charge is -2.13. The van der Waals surface area contributed by atoms with E-state index < -0.39 is 0 Å². The molecule has 256 valence electrons. The largest absolute Gasteiger partial charge is 0.309 e. The molecule has 9 aromatic carbocycles. The van der Waals surface area contributed by atoms with Crippen molar-refractivity contribution in [2.45, 2.75) is 0 Å². The van der Waals surface area contributed by atoms with Gasteiger partial charge >= 0.3 is 0 Å². The van der Waals surface area contributed by atoms with Crippen LogP contribution in [-0.4, -0.2) is 14.5 Å². The minimum Gasteiger partial charge on any atom is -0.309 e. The summed E-state index contributed by atoms with van der Waals surface area (Å²) >= 11 is 0. The van der Waals surface area contributed by atoms with E-state index in [1.54, 1.807) is 0 Å². The summed E-state index contributed by atoms with van der Waals surface area (Å²) in [5.74, 6) is 0.703. The smallest absolute Gasteiger partial charge is 0.160 e. The zero-order chi connectivity index (χ0) is 36.3. The van der Waals surface area contributed by atoms with Crippen LogP contribution in [0.5, 0.6) is 0 Å². The standard InChI is InChI=1S/C52H33N3/c1-2-12-38-31-40(26-21-34(38)11-1)52-53-48(36-24-22-35(23-25-36)47-32-39-13-3-4-14-42(39)43-15-5-6-16-44(43)47)33-49(54-52)37-27-29-41(30-28-37)55-50-19-9-7-17-45(50)46-18-8-10-20-51(46)55/h1-33H. The van der Waals surface area contributed by atoms with E-state index in [9.17, 15) is 0 Å². The minimum absolute atomic E-state index is 0.703. The van der Waals surface area contributed by atoms with E-state index in [1.165, 1.54) is 59.9 Å². The summed E-state index contributed by atoms with van der Waals surface area (Å²) in [6.07, 6.45) is 0. The van der Waals surface area contributed by atoms with Gasteiger partial charge in [0.2, 0.25) is 0 Å². The Bertz CT molecular complexity index is 3190. The zero-order valence-electron chi connectivity index (χ0n) is 29.9. The highest BCUT2D eigenvalue weighted by Gasteiger charge is 2.15. The number of rotatable bonds is 5. The van der Waals surface area contributed by atoms with Crippen molar-refractivity contribution in [1.82, 2.24) is 14.5 Å². The van der Waals surface area contributed by atoms with Crippen LogP contribution in [0.4, 0.5) is 0 Å². The average Bonchev–Trinajstić information content (AvgIpc) is 3.60. The van der Waals surface area contributed by atoms with Crippen molar-refractivity contribution in [3.05, 3.63) is 200 Å². The number of benzene rings is 9. The molecule has 0 N–H and O–H groups in total. The monoisotopic (exact) mass is 699 g/mol. The molecule has 2 aromatic heterocycles. The molecule has 0 amide bonds. The summed E-state index contributed by atoms with van der Waals surface area (Å²) < 4.78 is 2.35. The topological polar surface area (TPSA) is 30.7 Å². The minimum atomic E-state index is 0.703. The van der Waals surface area contributed by atoms with Crippen LogP contribution in [-0.2, 0) is 0 Å². The fourth-order valence-corrected chi connectivity index (χ4v) is 8.30. The lowest BCUT2D eigenvalue weighted by atomic mass is 9.93. The molecule has 0 saturated carbocycles. The molecule has 0 bridgehead atoms. The normalized spacial score (nSPS) is 11.6. The van der Waals surface area contributed by atoms with Gasteiger partial charge in [0.05, 0.1) is 22.4 Å². The van der Waals surface area contributed by atoms with Crippen LogP contribution in [0.15, 0.2) is 200 Å². The maximum atomic E-state index is 5.21. The molecule has 55 heavy (non-hydrogen) atoms. The van der Waals surface area contributed by atoms with E-state index in [0.29, 0.717) is 5.82 Å². The first-order chi connectivity index (χ1) is 27.2. The van der Waals surface area contributed by atoms with Gasteiger partial charge in [0.15, 0.2) is 5.82 Å². The van der Waals surface area contributed by atoms with Crippen molar-refractivity contribution in [2.75, 3.05) is 0 Å². The van der Waals surface area contributed by atoms with Crippen LogP contribution in [0.25, 0.3) is 105 Å². The predicted molar refractivity (Wildman–Crippen MR) is 231 cm³/mol. The number of hydrogen-bond donors (Lipinski definition) is 0. The van der Waals surface area contributed by atoms with Gasteiger partial charge in [-0.05, 0) is 85.9 Å². The third-order valence-corrected chi connectivity index (χ3v) is 11.0. The Kier molecular flexibility index (Phi) is 7.17. The van der Waals surface area contributed by atoms with E-state index in [1.807, 2.05) is 0 Å². The average molecular weight is 700 g/mol. The molecular formula is C52H33N3. The molecule has 0 atom stereocenters. The van der Waals surface area contributed by atoms with E-state index in [4.69, 9.17) is 9.97 Å². The molecule has 0 spiro atoms. The Hall–Kier alpha value is -7.36. The number of aromatic nitrogens is 3. The van der Waals surface area contributed by atoms with Gasteiger partial charge in [0.1, 0.15) is 0 Å². The Labute approximate surface area is 318 Å². The first-order valence-corrected chi connectivity index (χ1v) is 18.7. The molecule has 0 radical (unpaired) electrons. The second kappa shape index (κ2) is 12.6. The summed E-state index contributed by atoms with van der Waals surface area (Å²) in [6, 6.07) is 71.6. The Balaban J connectivity index is 1.03. The van der Waals surface area contributed by atoms with Crippen LogP contribution in [0.3, 0.4) is 0 Å². The van der Waals surface area contributed by atoms with Gasteiger partial charge in [0.25, 0.3) is 0 Å². The highest BCUT2D eigenvalue weighted by molar-refractivity contribution is 6.14. The van der Waals surface area contributed by atoms with Gasteiger partial charge in [0, 0.05) is 33.2 Å². The second-order valence-electron chi connectivity index (χ2n) is 14.2. The third kappa shape index (κ3) is 5.28. The molecule has 0 aliphatic heterocycles. The first-order valence-electron chi connectivity index (χ1n) is 18.7. The summed E-state index contributed by atoms with van der Waals surface area (Å²) in [6.45, 7) is 0. The Morgan fingerprint density at radius 2 is 0.800 bits per heavy atom. The molecule has 3 heteroatoms. The molecule has 0 unspecified atom stereocenters. The second-order valence-corrected chi connectivity index (χ2v) is 14.2. The Morgan fingerprint density at radius 1 is 0.309 bits per heavy atom. The van der Waals surface area contributed by atoms with Gasteiger partial charge in [-0.3, -0.25) is 0 Å². The lowest BCUT2D eigenvalue weighted by Crippen LogP contribution is -1.97. The quantitative estimate of drug-likeness (QED) is 0.167. The van der Waals surface area contributed by atoms with Gasteiger partial charge in [-0.15, -0.1) is 0 Å². The fourth-order valence-electron chi connectivity index (χ4n) is 8.30. The maximum absolute atomic E-state index is 5.21. The van der Waals surface area contributed by atoms with Gasteiger partial charge in [-0.25, -0.2) is 9.97 Å². The maximum Gasteiger partial charge on any atom is 0.160 e. The van der Waals surface area contributed by atoms with Crippen LogP contribution < -0.4 is 0 Å². The number of para-hydroxylation sites is 2. The van der Waals surface area contributed by atoms with E-state index in [2.05, 4.69) is 205 Å². The fraction of sp³-hybridized carbons (Fsp3) is 0. The zero-order valence-corrected chi connectivity index (χ0v) is 29.9. The van der Waals surface area contributed by atoms with Gasteiger partial charge < -0.3 is 4.57 Å². The summed E-state index contributed by atoms with van der Waals surface area (Å²) in [7, 11) is 0. The summed E-state index contributed by atoms with van der Waals surface area (Å²) in [5, 5.41) is 9.90. The van der Waals surface area contributed by atoms with Crippen molar-refractivity contribution < 1.29 is 0 Å². The van der Waals surface area contributed by atoms with Gasteiger partial charge in [-0.1, -0.05) is 158 Å². The molecule has 0 fully saturated rings. The van der Waals surface area contributed by atoms with E-state index in [-0.39, 0.29) is 0 Å². The van der Waals surface area contributed by atoms with Crippen LogP contribution in [0.2, 0.25) is 0 Å². The molecule has 0 aliphatic carbocycles. The first kappa shape index (κ1) is 31.2. The van der Waals surface area contributed by atoms with Crippen molar-refractivity contribution >= 4 is 54.1 Å². The Morgan fingerprint density at radius 3 is 1.47 bits per heavy atom. The summed E-state index contributed by atoms with van der Waals surface area (Å²) in [5.41, 5.74) is 10.7. The van der Waals surface area contributed by atoms with Crippen LogP contribution in [0, 0.1) is 0 Å². The van der Waals surface area contributed by atoms with Crippen LogP contribution >= 0.6 is 0 Å².